The van der Waals surface area contributed by atoms with Gasteiger partial charge in [0.15, 0.2) is 0 Å². The highest BCUT2D eigenvalue weighted by Gasteiger charge is 2.34. The number of rotatable bonds is 5. The third-order valence-electron chi connectivity index (χ3n) is 4.92. The van der Waals surface area contributed by atoms with Gasteiger partial charge in [-0.1, -0.05) is 12.1 Å². The molecular formula is C20H23F3N4O2. The molecular weight excluding hydrogens is 385 g/mol. The van der Waals surface area contributed by atoms with Crippen LogP contribution in [0.1, 0.15) is 18.4 Å². The molecule has 156 valence electrons. The summed E-state index contributed by atoms with van der Waals surface area (Å²) in [4.78, 5) is 26.7. The minimum Gasteiger partial charge on any atom is -0.381 e. The van der Waals surface area contributed by atoms with Crippen LogP contribution in [0.25, 0.3) is 0 Å². The molecule has 2 N–H and O–H groups in total. The first-order chi connectivity index (χ1) is 13.7. The molecule has 0 saturated carbocycles. The van der Waals surface area contributed by atoms with Gasteiger partial charge in [0.2, 0.25) is 5.91 Å². The quantitative estimate of drug-likeness (QED) is 0.798. The van der Waals surface area contributed by atoms with Crippen molar-refractivity contribution in [2.24, 2.45) is 0 Å². The number of hydrogen-bond acceptors (Lipinski definition) is 4. The SMILES string of the molecule is CN1CCC(Nc2ccccc2NC(=O)Cn2cccc(C(F)(F)F)c2=O)CC1. The molecule has 0 unspecified atom stereocenters. The number of benzene rings is 1. The number of para-hydroxylation sites is 2. The molecule has 3 rings (SSSR count). The van der Waals surface area contributed by atoms with Crippen molar-refractivity contribution >= 4 is 17.3 Å². The predicted molar refractivity (Wildman–Crippen MR) is 105 cm³/mol. The lowest BCUT2D eigenvalue weighted by Gasteiger charge is -2.30. The van der Waals surface area contributed by atoms with E-state index in [-0.39, 0.29) is 6.04 Å². The number of nitrogens with one attached hydrogen (secondary N) is 2. The molecule has 1 aliphatic rings. The van der Waals surface area contributed by atoms with E-state index in [0.717, 1.165) is 42.3 Å². The van der Waals surface area contributed by atoms with E-state index in [2.05, 4.69) is 22.6 Å². The Bertz CT molecular complexity index is 918. The Balaban J connectivity index is 1.70. The highest BCUT2D eigenvalue weighted by Crippen LogP contribution is 2.26. The Morgan fingerprint density at radius 1 is 1.10 bits per heavy atom. The average Bonchev–Trinajstić information content (AvgIpc) is 2.66. The van der Waals surface area contributed by atoms with Gasteiger partial charge >= 0.3 is 6.18 Å². The maximum atomic E-state index is 12.9. The molecule has 2 heterocycles. The number of carbonyl (C=O) groups is 1. The highest BCUT2D eigenvalue weighted by atomic mass is 19.4. The second-order valence-electron chi connectivity index (χ2n) is 7.17. The number of pyridine rings is 1. The van der Waals surface area contributed by atoms with Gasteiger partial charge in [-0.2, -0.15) is 13.2 Å². The van der Waals surface area contributed by atoms with Crippen molar-refractivity contribution in [1.82, 2.24) is 9.47 Å². The van der Waals surface area contributed by atoms with Gasteiger partial charge in [0.1, 0.15) is 12.1 Å². The highest BCUT2D eigenvalue weighted by molar-refractivity contribution is 5.94. The minimum absolute atomic E-state index is 0.273. The van der Waals surface area contributed by atoms with Crippen LogP contribution in [0.5, 0.6) is 0 Å². The molecule has 0 aliphatic carbocycles. The van der Waals surface area contributed by atoms with Gasteiger partial charge in [0.25, 0.3) is 5.56 Å². The maximum absolute atomic E-state index is 12.9. The lowest BCUT2D eigenvalue weighted by Crippen LogP contribution is -2.37. The van der Waals surface area contributed by atoms with E-state index in [4.69, 9.17) is 0 Å². The topological polar surface area (TPSA) is 66.4 Å². The summed E-state index contributed by atoms with van der Waals surface area (Å²) in [6.07, 6.45) is -1.65. The van der Waals surface area contributed by atoms with Crippen LogP contribution in [0.15, 0.2) is 47.4 Å². The zero-order valence-electron chi connectivity index (χ0n) is 16.0. The summed E-state index contributed by atoms with van der Waals surface area (Å²) in [5.41, 5.74) is -1.27. The van der Waals surface area contributed by atoms with E-state index in [9.17, 15) is 22.8 Å². The van der Waals surface area contributed by atoms with Gasteiger partial charge in [-0.25, -0.2) is 0 Å². The number of carbonyl (C=O) groups excluding carboxylic acids is 1. The Labute approximate surface area is 166 Å². The van der Waals surface area contributed by atoms with E-state index >= 15 is 0 Å². The van der Waals surface area contributed by atoms with Gasteiger partial charge < -0.3 is 20.1 Å². The minimum atomic E-state index is -4.76. The fourth-order valence-electron chi connectivity index (χ4n) is 3.31. The fraction of sp³-hybridized carbons (Fsp3) is 0.400. The molecule has 1 aromatic carbocycles. The average molecular weight is 408 g/mol. The molecule has 1 amide bonds. The molecule has 0 atom stereocenters. The molecule has 2 aromatic rings. The zero-order valence-corrected chi connectivity index (χ0v) is 16.0. The van der Waals surface area contributed by atoms with Crippen LogP contribution < -0.4 is 16.2 Å². The second-order valence-corrected chi connectivity index (χ2v) is 7.17. The van der Waals surface area contributed by atoms with Crippen molar-refractivity contribution in [3.63, 3.8) is 0 Å². The van der Waals surface area contributed by atoms with E-state index in [0.29, 0.717) is 11.8 Å². The number of nitrogens with zero attached hydrogens (tertiary/aromatic N) is 2. The predicted octanol–water partition coefficient (Wildman–Crippen LogP) is 3.01. The van der Waals surface area contributed by atoms with E-state index < -0.39 is 29.8 Å². The van der Waals surface area contributed by atoms with Crippen molar-refractivity contribution in [2.75, 3.05) is 30.8 Å². The van der Waals surface area contributed by atoms with Crippen LogP contribution >= 0.6 is 0 Å². The molecule has 0 bridgehead atoms. The smallest absolute Gasteiger partial charge is 0.381 e. The molecule has 1 fully saturated rings. The molecule has 0 spiro atoms. The molecule has 6 nitrogen and oxygen atoms in total. The van der Waals surface area contributed by atoms with Crippen LogP contribution in [0, 0.1) is 0 Å². The van der Waals surface area contributed by atoms with E-state index in [1.807, 2.05) is 12.1 Å². The van der Waals surface area contributed by atoms with Crippen molar-refractivity contribution < 1.29 is 18.0 Å². The Morgan fingerprint density at radius 3 is 2.41 bits per heavy atom. The number of likely N-dealkylation sites (tertiary alicyclic amines) is 1. The van der Waals surface area contributed by atoms with E-state index in [1.54, 1.807) is 12.1 Å². The van der Waals surface area contributed by atoms with Crippen molar-refractivity contribution in [1.29, 1.82) is 0 Å². The number of anilines is 2. The second kappa shape index (κ2) is 8.69. The molecule has 1 aromatic heterocycles. The molecule has 29 heavy (non-hydrogen) atoms. The lowest BCUT2D eigenvalue weighted by atomic mass is 10.0. The Hall–Kier alpha value is -2.81. The summed E-state index contributed by atoms with van der Waals surface area (Å²) in [5.74, 6) is -0.580. The van der Waals surface area contributed by atoms with Gasteiger partial charge in [0.05, 0.1) is 11.4 Å². The summed E-state index contributed by atoms with van der Waals surface area (Å²) in [6, 6.07) is 9.23. The number of piperidine rings is 1. The first kappa shape index (κ1) is 20.9. The molecule has 9 heteroatoms. The van der Waals surface area contributed by atoms with Crippen LogP contribution in [0.3, 0.4) is 0 Å². The maximum Gasteiger partial charge on any atom is 0.421 e. The summed E-state index contributed by atoms with van der Waals surface area (Å²) in [5, 5.41) is 6.11. The molecule has 0 radical (unpaired) electrons. The Kier molecular flexibility index (Phi) is 6.26. The number of hydrogen-bond donors (Lipinski definition) is 2. The largest absolute Gasteiger partial charge is 0.421 e. The van der Waals surface area contributed by atoms with Crippen molar-refractivity contribution in [3.05, 3.63) is 58.5 Å². The summed E-state index contributed by atoms with van der Waals surface area (Å²) in [6.45, 7) is 1.45. The Morgan fingerprint density at radius 2 is 1.76 bits per heavy atom. The van der Waals surface area contributed by atoms with Gasteiger partial charge in [0, 0.05) is 12.2 Å². The van der Waals surface area contributed by atoms with Crippen LogP contribution in [0.4, 0.5) is 24.5 Å². The third kappa shape index (κ3) is 5.38. The van der Waals surface area contributed by atoms with Gasteiger partial charge in [-0.3, -0.25) is 9.59 Å². The first-order valence-corrected chi connectivity index (χ1v) is 9.34. The standard InChI is InChI=1S/C20H23F3N4O2/c1-26-11-8-14(9-12-26)24-16-6-2-3-7-17(16)25-18(28)13-27-10-4-5-15(19(27)29)20(21,22)23/h2-7,10,14,24H,8-9,11-13H2,1H3,(H,25,28). The molecule has 1 saturated heterocycles. The summed E-state index contributed by atoms with van der Waals surface area (Å²) < 4.78 is 39.4. The van der Waals surface area contributed by atoms with Gasteiger partial charge in [-0.15, -0.1) is 0 Å². The summed E-state index contributed by atoms with van der Waals surface area (Å²) >= 11 is 0. The fourth-order valence-corrected chi connectivity index (χ4v) is 3.31. The zero-order chi connectivity index (χ0) is 21.0. The number of aromatic nitrogens is 1. The lowest BCUT2D eigenvalue weighted by molar-refractivity contribution is -0.139. The van der Waals surface area contributed by atoms with Crippen LogP contribution in [0.2, 0.25) is 0 Å². The van der Waals surface area contributed by atoms with Crippen molar-refractivity contribution in [3.8, 4) is 0 Å². The van der Waals surface area contributed by atoms with Gasteiger partial charge in [-0.05, 0) is 57.2 Å². The monoisotopic (exact) mass is 408 g/mol. The van der Waals surface area contributed by atoms with Crippen LogP contribution in [-0.4, -0.2) is 41.6 Å². The van der Waals surface area contributed by atoms with Crippen LogP contribution in [-0.2, 0) is 17.5 Å². The number of halogens is 3. The first-order valence-electron chi connectivity index (χ1n) is 9.34. The third-order valence-corrected chi connectivity index (χ3v) is 4.92. The number of amides is 1. The summed E-state index contributed by atoms with van der Waals surface area (Å²) in [7, 11) is 2.07. The van der Waals surface area contributed by atoms with Crippen molar-refractivity contribution in [2.45, 2.75) is 31.6 Å². The number of alkyl halides is 3. The normalized spacial score (nSPS) is 15.9. The molecule has 1 aliphatic heterocycles. The van der Waals surface area contributed by atoms with E-state index in [1.165, 1.54) is 6.20 Å².